The van der Waals surface area contributed by atoms with Crippen LogP contribution in [0.5, 0.6) is 0 Å². The van der Waals surface area contributed by atoms with Crippen LogP contribution in [-0.2, 0) is 0 Å². The average molecular weight is 119 g/mol. The highest BCUT2D eigenvalue weighted by atomic mass is 19.1. The minimum absolute atomic E-state index is 0.223. The highest BCUT2D eigenvalue weighted by molar-refractivity contribution is 4.85. The Morgan fingerprint density at radius 2 is 2.12 bits per heavy atom. The molecule has 0 amide bonds. The molecule has 0 spiro atoms. The summed E-state index contributed by atoms with van der Waals surface area (Å²) in [5.74, 6) is 0. The van der Waals surface area contributed by atoms with Gasteiger partial charge in [0.05, 0.1) is 6.10 Å². The van der Waals surface area contributed by atoms with Crippen LogP contribution in [0.15, 0.2) is 0 Å². The molecule has 3 atom stereocenters. The summed E-state index contributed by atoms with van der Waals surface area (Å²) >= 11 is 0. The Kier molecular flexibility index (Phi) is 1.49. The van der Waals surface area contributed by atoms with Crippen molar-refractivity contribution in [3.8, 4) is 0 Å². The fourth-order valence-electron chi connectivity index (χ4n) is 0.985. The van der Waals surface area contributed by atoms with Gasteiger partial charge in [-0.25, -0.2) is 4.39 Å². The average Bonchev–Trinajstić information content (AvgIpc) is 1.85. The van der Waals surface area contributed by atoms with Crippen LogP contribution in [-0.4, -0.2) is 23.4 Å². The van der Waals surface area contributed by atoms with E-state index in [1.54, 1.807) is 0 Å². The molecule has 0 heterocycles. The second kappa shape index (κ2) is 1.99. The molecule has 0 aromatic heterocycles. The summed E-state index contributed by atoms with van der Waals surface area (Å²) in [7, 11) is 0. The van der Waals surface area contributed by atoms with Gasteiger partial charge in [-0.05, 0) is 6.42 Å². The molecule has 0 radical (unpaired) electrons. The Morgan fingerprint density at radius 1 is 1.50 bits per heavy atom. The van der Waals surface area contributed by atoms with Crippen molar-refractivity contribution in [2.75, 3.05) is 0 Å². The number of nitrogens with two attached hydrogens (primary N) is 1. The van der Waals surface area contributed by atoms with Gasteiger partial charge in [-0.2, -0.15) is 0 Å². The Bertz CT molecular complexity index is 78.5. The molecule has 1 aliphatic carbocycles. The van der Waals surface area contributed by atoms with E-state index in [0.29, 0.717) is 6.42 Å². The smallest absolute Gasteiger partial charge is 0.104 e. The van der Waals surface area contributed by atoms with E-state index in [4.69, 9.17) is 10.8 Å². The molecule has 2 nitrogen and oxygen atoms in total. The minimum Gasteiger partial charge on any atom is -0.391 e. The van der Waals surface area contributed by atoms with Crippen LogP contribution < -0.4 is 5.73 Å². The molecular weight excluding hydrogens is 109 g/mol. The first-order valence-electron chi connectivity index (χ1n) is 2.78. The van der Waals surface area contributed by atoms with Crippen LogP contribution in [0.2, 0.25) is 0 Å². The van der Waals surface area contributed by atoms with Gasteiger partial charge in [-0.15, -0.1) is 0 Å². The maximum atomic E-state index is 12.2. The lowest BCUT2D eigenvalue weighted by molar-refractivity contribution is 0.157. The minimum atomic E-state index is -0.875. The largest absolute Gasteiger partial charge is 0.391 e. The Hall–Kier alpha value is -0.150. The van der Waals surface area contributed by atoms with Gasteiger partial charge in [0.1, 0.15) is 6.17 Å². The van der Waals surface area contributed by atoms with Crippen LogP contribution in [0, 0.1) is 0 Å². The Morgan fingerprint density at radius 3 is 2.25 bits per heavy atom. The van der Waals surface area contributed by atoms with Crippen molar-refractivity contribution < 1.29 is 9.50 Å². The first-order valence-corrected chi connectivity index (χ1v) is 2.78. The van der Waals surface area contributed by atoms with Crippen molar-refractivity contribution in [1.29, 1.82) is 0 Å². The first kappa shape index (κ1) is 5.98. The third kappa shape index (κ3) is 0.980. The van der Waals surface area contributed by atoms with Gasteiger partial charge in [0, 0.05) is 12.5 Å². The van der Waals surface area contributed by atoms with Crippen molar-refractivity contribution >= 4 is 0 Å². The summed E-state index contributed by atoms with van der Waals surface area (Å²) < 4.78 is 12.2. The number of aliphatic hydroxyl groups excluding tert-OH is 1. The highest BCUT2D eigenvalue weighted by Gasteiger charge is 2.29. The molecule has 1 unspecified atom stereocenters. The summed E-state index contributed by atoms with van der Waals surface area (Å²) in [6, 6.07) is -0.329. The molecule has 0 aromatic rings. The SMILES string of the molecule is NC1C[C@@H](F)C[C@H]1O. The second-order valence-corrected chi connectivity index (χ2v) is 2.30. The molecule has 0 saturated heterocycles. The zero-order valence-corrected chi connectivity index (χ0v) is 4.55. The fourth-order valence-corrected chi connectivity index (χ4v) is 0.985. The molecule has 0 aliphatic heterocycles. The lowest BCUT2D eigenvalue weighted by Gasteiger charge is -2.03. The van der Waals surface area contributed by atoms with Crippen molar-refractivity contribution in [2.45, 2.75) is 31.2 Å². The van der Waals surface area contributed by atoms with Crippen LogP contribution in [0.25, 0.3) is 0 Å². The lowest BCUT2D eigenvalue weighted by Crippen LogP contribution is -2.28. The van der Waals surface area contributed by atoms with E-state index in [1.165, 1.54) is 0 Å². The third-order valence-corrected chi connectivity index (χ3v) is 1.52. The van der Waals surface area contributed by atoms with E-state index in [9.17, 15) is 4.39 Å². The van der Waals surface area contributed by atoms with E-state index in [1.807, 2.05) is 0 Å². The standard InChI is InChI=1S/C5H10FNO/c6-3-1-4(7)5(8)2-3/h3-5,8H,1-2,7H2/t3-,4?,5-/m1/s1. The van der Waals surface area contributed by atoms with Gasteiger partial charge in [0.25, 0.3) is 0 Å². The van der Waals surface area contributed by atoms with Crippen LogP contribution in [0.4, 0.5) is 4.39 Å². The lowest BCUT2D eigenvalue weighted by atomic mass is 10.2. The third-order valence-electron chi connectivity index (χ3n) is 1.52. The zero-order valence-electron chi connectivity index (χ0n) is 4.55. The van der Waals surface area contributed by atoms with Crippen LogP contribution in [0.3, 0.4) is 0 Å². The quantitative estimate of drug-likeness (QED) is 0.464. The molecule has 1 aliphatic rings. The van der Waals surface area contributed by atoms with E-state index >= 15 is 0 Å². The Labute approximate surface area is 47.5 Å². The molecule has 1 fully saturated rings. The monoisotopic (exact) mass is 119 g/mol. The van der Waals surface area contributed by atoms with Crippen molar-refractivity contribution in [3.63, 3.8) is 0 Å². The summed E-state index contributed by atoms with van der Waals surface area (Å²) in [4.78, 5) is 0. The number of rotatable bonds is 0. The molecular formula is C5H10FNO. The predicted molar refractivity (Wildman–Crippen MR) is 28.1 cm³/mol. The number of halogens is 1. The number of alkyl halides is 1. The molecule has 3 heteroatoms. The molecule has 1 saturated carbocycles. The molecule has 8 heavy (non-hydrogen) atoms. The topological polar surface area (TPSA) is 46.2 Å². The Balaban J connectivity index is 2.39. The van der Waals surface area contributed by atoms with E-state index in [0.717, 1.165) is 0 Å². The van der Waals surface area contributed by atoms with Gasteiger partial charge in [-0.1, -0.05) is 0 Å². The molecule has 3 N–H and O–H groups in total. The summed E-state index contributed by atoms with van der Waals surface area (Å²) in [5, 5.41) is 8.80. The van der Waals surface area contributed by atoms with Crippen molar-refractivity contribution in [3.05, 3.63) is 0 Å². The van der Waals surface area contributed by atoms with Gasteiger partial charge in [0.2, 0.25) is 0 Å². The van der Waals surface area contributed by atoms with Gasteiger partial charge in [0.15, 0.2) is 0 Å². The van der Waals surface area contributed by atoms with E-state index in [-0.39, 0.29) is 12.5 Å². The highest BCUT2D eigenvalue weighted by Crippen LogP contribution is 2.20. The van der Waals surface area contributed by atoms with Crippen molar-refractivity contribution in [2.24, 2.45) is 5.73 Å². The summed E-state index contributed by atoms with van der Waals surface area (Å²) in [6.07, 6.45) is -0.938. The zero-order chi connectivity index (χ0) is 6.15. The number of aliphatic hydroxyl groups is 1. The predicted octanol–water partition coefficient (Wildman–Crippen LogP) is -0.194. The number of hydrogen-bond acceptors (Lipinski definition) is 2. The van der Waals surface area contributed by atoms with Gasteiger partial charge in [-0.3, -0.25) is 0 Å². The van der Waals surface area contributed by atoms with Crippen LogP contribution >= 0.6 is 0 Å². The summed E-state index contributed by atoms with van der Waals surface area (Å²) in [6.45, 7) is 0. The first-order chi connectivity index (χ1) is 3.70. The molecule has 0 bridgehead atoms. The van der Waals surface area contributed by atoms with E-state index in [2.05, 4.69) is 0 Å². The second-order valence-electron chi connectivity index (χ2n) is 2.30. The fraction of sp³-hybridized carbons (Fsp3) is 1.00. The van der Waals surface area contributed by atoms with E-state index < -0.39 is 12.3 Å². The normalized spacial score (nSPS) is 47.6. The molecule has 0 aromatic carbocycles. The van der Waals surface area contributed by atoms with Gasteiger partial charge >= 0.3 is 0 Å². The maximum absolute atomic E-state index is 12.2. The summed E-state index contributed by atoms with van der Waals surface area (Å²) in [5.41, 5.74) is 5.28. The van der Waals surface area contributed by atoms with Crippen LogP contribution in [0.1, 0.15) is 12.8 Å². The number of hydrogen-bond donors (Lipinski definition) is 2. The van der Waals surface area contributed by atoms with Gasteiger partial charge < -0.3 is 10.8 Å². The molecule has 48 valence electrons. The maximum Gasteiger partial charge on any atom is 0.104 e. The van der Waals surface area contributed by atoms with Crippen molar-refractivity contribution in [1.82, 2.24) is 0 Å². The molecule has 1 rings (SSSR count).